The van der Waals surface area contributed by atoms with Crippen molar-refractivity contribution in [1.82, 2.24) is 16.0 Å². The summed E-state index contributed by atoms with van der Waals surface area (Å²) in [6, 6.07) is -2.45. The Kier molecular flexibility index (Phi) is 9.51. The zero-order valence-electron chi connectivity index (χ0n) is 13.2. The Balaban J connectivity index is 4.64. The lowest BCUT2D eigenvalue weighted by Gasteiger charge is -2.23. The van der Waals surface area contributed by atoms with E-state index in [2.05, 4.69) is 16.0 Å². The molecular weight excluding hydrogens is 308 g/mol. The van der Waals surface area contributed by atoms with E-state index < -0.39 is 48.9 Å². The summed E-state index contributed by atoms with van der Waals surface area (Å²) in [5, 5.41) is 25.0. The van der Waals surface area contributed by atoms with Gasteiger partial charge in [-0.2, -0.15) is 0 Å². The third kappa shape index (κ3) is 7.56. The number of carbonyl (C=O) groups is 4. The van der Waals surface area contributed by atoms with Gasteiger partial charge < -0.3 is 31.9 Å². The lowest BCUT2D eigenvalue weighted by atomic mass is 9.99. The molecule has 0 aromatic rings. The van der Waals surface area contributed by atoms with Crippen molar-refractivity contribution in [2.45, 2.75) is 32.4 Å². The van der Waals surface area contributed by atoms with Gasteiger partial charge in [0.1, 0.15) is 12.1 Å². The van der Waals surface area contributed by atoms with Crippen LogP contribution in [-0.4, -0.2) is 65.7 Å². The van der Waals surface area contributed by atoms with Crippen molar-refractivity contribution in [1.29, 1.82) is 0 Å². The van der Waals surface area contributed by atoms with Gasteiger partial charge in [-0.25, -0.2) is 4.79 Å². The zero-order chi connectivity index (χ0) is 18.0. The Hall–Kier alpha value is -2.20. The number of carboxylic acids is 1. The molecule has 0 aliphatic carbocycles. The van der Waals surface area contributed by atoms with Crippen LogP contribution in [0.5, 0.6) is 0 Å². The SMILES string of the molecule is CCC(C)C(NC(=O)C(CO)NC(=O)CNC(=O)CN)C(=O)O. The molecule has 3 unspecified atom stereocenters. The van der Waals surface area contributed by atoms with E-state index in [1.165, 1.54) is 0 Å². The van der Waals surface area contributed by atoms with Crippen molar-refractivity contribution >= 4 is 23.7 Å². The monoisotopic (exact) mass is 332 g/mol. The number of aliphatic carboxylic acids is 1. The van der Waals surface area contributed by atoms with E-state index in [9.17, 15) is 24.3 Å². The summed E-state index contributed by atoms with van der Waals surface area (Å²) in [5.74, 6) is -3.61. The van der Waals surface area contributed by atoms with Crippen LogP contribution in [0.1, 0.15) is 20.3 Å². The topological polar surface area (TPSA) is 171 Å². The maximum atomic E-state index is 12.0. The van der Waals surface area contributed by atoms with Gasteiger partial charge in [0.15, 0.2) is 0 Å². The predicted octanol–water partition coefficient (Wildman–Crippen LogP) is -2.85. The summed E-state index contributed by atoms with van der Waals surface area (Å²) in [7, 11) is 0. The smallest absolute Gasteiger partial charge is 0.326 e. The van der Waals surface area contributed by atoms with Crippen LogP contribution < -0.4 is 21.7 Å². The van der Waals surface area contributed by atoms with Gasteiger partial charge in [-0.3, -0.25) is 14.4 Å². The number of hydrogen-bond acceptors (Lipinski definition) is 6. The lowest BCUT2D eigenvalue weighted by Crippen LogP contribution is -2.55. The molecule has 3 amide bonds. The Morgan fingerprint density at radius 3 is 2.17 bits per heavy atom. The largest absolute Gasteiger partial charge is 0.480 e. The lowest BCUT2D eigenvalue weighted by molar-refractivity contribution is -0.144. The molecule has 23 heavy (non-hydrogen) atoms. The Bertz CT molecular complexity index is 442. The van der Waals surface area contributed by atoms with E-state index in [4.69, 9.17) is 10.8 Å². The number of aliphatic hydroxyl groups is 1. The second-order valence-electron chi connectivity index (χ2n) is 4.99. The average molecular weight is 332 g/mol. The molecule has 10 heteroatoms. The van der Waals surface area contributed by atoms with Crippen LogP contribution >= 0.6 is 0 Å². The molecule has 0 aromatic heterocycles. The van der Waals surface area contributed by atoms with Crippen molar-refractivity contribution < 1.29 is 29.4 Å². The van der Waals surface area contributed by atoms with E-state index in [0.29, 0.717) is 6.42 Å². The Labute approximate surface area is 133 Å². The number of carboxylic acid groups (broad SMARTS) is 1. The van der Waals surface area contributed by atoms with Gasteiger partial charge in [-0.1, -0.05) is 20.3 Å². The first-order valence-corrected chi connectivity index (χ1v) is 7.16. The number of hydrogen-bond donors (Lipinski definition) is 6. The van der Waals surface area contributed by atoms with Crippen LogP contribution in [0.25, 0.3) is 0 Å². The van der Waals surface area contributed by atoms with Crippen molar-refractivity contribution in [2.24, 2.45) is 11.7 Å². The van der Waals surface area contributed by atoms with E-state index in [1.807, 2.05) is 0 Å². The standard InChI is InChI=1S/C13H24N4O6/c1-3-7(2)11(13(22)23)17-12(21)8(6-18)16-10(20)5-15-9(19)4-14/h7-8,11,18H,3-6,14H2,1-2H3,(H,15,19)(H,16,20)(H,17,21)(H,22,23). The van der Waals surface area contributed by atoms with Crippen LogP contribution in [0.2, 0.25) is 0 Å². The van der Waals surface area contributed by atoms with Crippen molar-refractivity contribution in [2.75, 3.05) is 19.7 Å². The van der Waals surface area contributed by atoms with Crippen LogP contribution in [0.15, 0.2) is 0 Å². The molecule has 0 heterocycles. The van der Waals surface area contributed by atoms with E-state index in [-0.39, 0.29) is 12.5 Å². The third-order valence-corrected chi connectivity index (χ3v) is 3.24. The van der Waals surface area contributed by atoms with Crippen LogP contribution in [0.3, 0.4) is 0 Å². The molecule has 0 saturated carbocycles. The van der Waals surface area contributed by atoms with Gasteiger partial charge in [-0.15, -0.1) is 0 Å². The molecular formula is C13H24N4O6. The van der Waals surface area contributed by atoms with Crippen molar-refractivity contribution in [3.8, 4) is 0 Å². The van der Waals surface area contributed by atoms with Gasteiger partial charge >= 0.3 is 5.97 Å². The molecule has 0 aliphatic heterocycles. The van der Waals surface area contributed by atoms with Crippen LogP contribution in [-0.2, 0) is 19.2 Å². The molecule has 3 atom stereocenters. The second kappa shape index (κ2) is 10.5. The maximum absolute atomic E-state index is 12.0. The highest BCUT2D eigenvalue weighted by molar-refractivity contribution is 5.92. The number of aliphatic hydroxyl groups excluding tert-OH is 1. The minimum absolute atomic E-state index is 0.285. The summed E-state index contributed by atoms with van der Waals surface area (Å²) in [5.41, 5.74) is 5.06. The van der Waals surface area contributed by atoms with E-state index in [1.54, 1.807) is 13.8 Å². The van der Waals surface area contributed by atoms with Crippen LogP contribution in [0.4, 0.5) is 0 Å². The van der Waals surface area contributed by atoms with Gasteiger partial charge in [-0.05, 0) is 5.92 Å². The molecule has 7 N–H and O–H groups in total. The first-order valence-electron chi connectivity index (χ1n) is 7.16. The molecule has 0 spiro atoms. The highest BCUT2D eigenvalue weighted by atomic mass is 16.4. The molecule has 0 fully saturated rings. The quantitative estimate of drug-likeness (QED) is 0.250. The fraction of sp³-hybridized carbons (Fsp3) is 0.692. The van der Waals surface area contributed by atoms with Gasteiger partial charge in [0.2, 0.25) is 17.7 Å². The van der Waals surface area contributed by atoms with Gasteiger partial charge in [0.05, 0.1) is 19.7 Å². The fourth-order valence-electron chi connectivity index (χ4n) is 1.63. The van der Waals surface area contributed by atoms with Crippen molar-refractivity contribution in [3.05, 3.63) is 0 Å². The first-order chi connectivity index (χ1) is 10.8. The minimum atomic E-state index is -1.32. The normalized spacial score (nSPS) is 14.3. The Morgan fingerprint density at radius 1 is 1.13 bits per heavy atom. The molecule has 0 aliphatic rings. The summed E-state index contributed by atoms with van der Waals surface area (Å²) in [4.78, 5) is 45.6. The molecule has 0 aromatic carbocycles. The highest BCUT2D eigenvalue weighted by Crippen LogP contribution is 2.08. The maximum Gasteiger partial charge on any atom is 0.326 e. The van der Waals surface area contributed by atoms with Gasteiger partial charge in [0, 0.05) is 0 Å². The number of carbonyl (C=O) groups excluding carboxylic acids is 3. The highest BCUT2D eigenvalue weighted by Gasteiger charge is 2.29. The molecule has 132 valence electrons. The van der Waals surface area contributed by atoms with E-state index in [0.717, 1.165) is 0 Å². The fourth-order valence-corrected chi connectivity index (χ4v) is 1.63. The molecule has 0 saturated heterocycles. The molecule has 0 rings (SSSR count). The number of rotatable bonds is 10. The summed E-state index contributed by atoms with van der Waals surface area (Å²) in [6.07, 6.45) is 0.526. The Morgan fingerprint density at radius 2 is 1.74 bits per heavy atom. The van der Waals surface area contributed by atoms with Crippen molar-refractivity contribution in [3.63, 3.8) is 0 Å². The molecule has 0 bridgehead atoms. The van der Waals surface area contributed by atoms with E-state index >= 15 is 0 Å². The minimum Gasteiger partial charge on any atom is -0.480 e. The van der Waals surface area contributed by atoms with Gasteiger partial charge in [0.25, 0.3) is 0 Å². The van der Waals surface area contributed by atoms with Crippen LogP contribution in [0, 0.1) is 5.92 Å². The summed E-state index contributed by atoms with van der Waals surface area (Å²) in [6.45, 7) is 2.03. The zero-order valence-corrected chi connectivity index (χ0v) is 13.2. The number of nitrogens with one attached hydrogen (secondary N) is 3. The summed E-state index contributed by atoms with van der Waals surface area (Å²) >= 11 is 0. The summed E-state index contributed by atoms with van der Waals surface area (Å²) < 4.78 is 0. The first kappa shape index (κ1) is 20.8. The number of amides is 3. The third-order valence-electron chi connectivity index (χ3n) is 3.24. The average Bonchev–Trinajstić information content (AvgIpc) is 2.53. The predicted molar refractivity (Wildman–Crippen MR) is 80.1 cm³/mol. The molecule has 10 nitrogen and oxygen atoms in total. The second-order valence-corrected chi connectivity index (χ2v) is 4.99. The molecule has 0 radical (unpaired) electrons. The number of nitrogens with two attached hydrogens (primary N) is 1.